The van der Waals surface area contributed by atoms with Crippen molar-refractivity contribution in [3.05, 3.63) is 29.0 Å². The van der Waals surface area contributed by atoms with E-state index in [4.69, 9.17) is 16.3 Å². The van der Waals surface area contributed by atoms with Crippen LogP contribution in [0.15, 0.2) is 18.3 Å². The van der Waals surface area contributed by atoms with Crippen molar-refractivity contribution in [1.29, 1.82) is 0 Å². The SMILES string of the molecule is COCCN(CCC(=O)OC)C(=O)c1cccnc1Cl. The zero-order valence-corrected chi connectivity index (χ0v) is 12.2. The zero-order chi connectivity index (χ0) is 15.0. The standard InChI is InChI=1S/C13H17ClN2O4/c1-19-9-8-16(7-5-11(17)20-2)13(18)10-4-3-6-15-12(10)14/h3-4,6H,5,7-9H2,1-2H3. The van der Waals surface area contributed by atoms with Crippen LogP contribution in [-0.4, -0.2) is 55.7 Å². The van der Waals surface area contributed by atoms with Crippen molar-refractivity contribution in [3.63, 3.8) is 0 Å². The molecule has 0 aliphatic rings. The fourth-order valence-electron chi connectivity index (χ4n) is 1.56. The molecule has 0 saturated heterocycles. The topological polar surface area (TPSA) is 68.7 Å². The Morgan fingerprint density at radius 3 is 2.70 bits per heavy atom. The van der Waals surface area contributed by atoms with Gasteiger partial charge >= 0.3 is 5.97 Å². The molecule has 110 valence electrons. The summed E-state index contributed by atoms with van der Waals surface area (Å²) in [6.07, 6.45) is 1.62. The van der Waals surface area contributed by atoms with Gasteiger partial charge in [0, 0.05) is 26.4 Å². The molecule has 7 heteroatoms. The summed E-state index contributed by atoms with van der Waals surface area (Å²) in [4.78, 5) is 28.9. The van der Waals surface area contributed by atoms with Crippen LogP contribution in [0.5, 0.6) is 0 Å². The number of esters is 1. The molecule has 0 aliphatic carbocycles. The Morgan fingerprint density at radius 2 is 2.10 bits per heavy atom. The minimum atomic E-state index is -0.377. The van der Waals surface area contributed by atoms with Crippen molar-refractivity contribution < 1.29 is 19.1 Å². The van der Waals surface area contributed by atoms with E-state index in [-0.39, 0.29) is 30.0 Å². The van der Waals surface area contributed by atoms with E-state index in [0.717, 1.165) is 0 Å². The second-order valence-electron chi connectivity index (χ2n) is 3.95. The smallest absolute Gasteiger partial charge is 0.307 e. The zero-order valence-electron chi connectivity index (χ0n) is 11.5. The minimum Gasteiger partial charge on any atom is -0.469 e. The summed E-state index contributed by atoms with van der Waals surface area (Å²) in [6.45, 7) is 0.961. The van der Waals surface area contributed by atoms with E-state index < -0.39 is 0 Å². The molecule has 0 atom stereocenters. The van der Waals surface area contributed by atoms with Crippen LogP contribution in [0.3, 0.4) is 0 Å². The first-order valence-corrected chi connectivity index (χ1v) is 6.43. The second kappa shape index (κ2) is 8.50. The molecule has 0 spiro atoms. The molecular formula is C13H17ClN2O4. The van der Waals surface area contributed by atoms with Crippen molar-refractivity contribution in [1.82, 2.24) is 9.88 Å². The number of nitrogens with zero attached hydrogens (tertiary/aromatic N) is 2. The maximum atomic E-state index is 12.4. The van der Waals surface area contributed by atoms with Crippen molar-refractivity contribution in [2.24, 2.45) is 0 Å². The van der Waals surface area contributed by atoms with E-state index in [1.54, 1.807) is 19.2 Å². The van der Waals surface area contributed by atoms with Gasteiger partial charge in [0.2, 0.25) is 0 Å². The van der Waals surface area contributed by atoms with Gasteiger partial charge in [0.1, 0.15) is 5.15 Å². The van der Waals surface area contributed by atoms with Crippen molar-refractivity contribution in [2.45, 2.75) is 6.42 Å². The lowest BCUT2D eigenvalue weighted by molar-refractivity contribution is -0.140. The molecule has 6 nitrogen and oxygen atoms in total. The third kappa shape index (κ3) is 4.79. The summed E-state index contributed by atoms with van der Waals surface area (Å²) in [7, 11) is 2.85. The number of carbonyl (C=O) groups is 2. The summed E-state index contributed by atoms with van der Waals surface area (Å²) in [5.41, 5.74) is 0.301. The number of ether oxygens (including phenoxy) is 2. The van der Waals surface area contributed by atoms with Gasteiger partial charge in [-0.15, -0.1) is 0 Å². The monoisotopic (exact) mass is 300 g/mol. The number of hydrogen-bond acceptors (Lipinski definition) is 5. The lowest BCUT2D eigenvalue weighted by Crippen LogP contribution is -2.36. The Labute approximate surface area is 122 Å². The average molecular weight is 301 g/mol. The lowest BCUT2D eigenvalue weighted by Gasteiger charge is -2.22. The molecule has 1 aromatic heterocycles. The molecule has 0 bridgehead atoms. The fourth-order valence-corrected chi connectivity index (χ4v) is 1.76. The van der Waals surface area contributed by atoms with Crippen LogP contribution in [0.4, 0.5) is 0 Å². The molecule has 1 amide bonds. The largest absolute Gasteiger partial charge is 0.469 e. The molecule has 1 rings (SSSR count). The van der Waals surface area contributed by atoms with Gasteiger partial charge in [-0.25, -0.2) is 4.98 Å². The van der Waals surface area contributed by atoms with Gasteiger partial charge in [0.15, 0.2) is 0 Å². The number of carbonyl (C=O) groups excluding carboxylic acids is 2. The maximum Gasteiger partial charge on any atom is 0.307 e. The highest BCUT2D eigenvalue weighted by atomic mass is 35.5. The summed E-state index contributed by atoms with van der Waals surface area (Å²) in [5.74, 6) is -0.665. The summed E-state index contributed by atoms with van der Waals surface area (Å²) >= 11 is 5.91. The minimum absolute atomic E-state index is 0.115. The normalized spacial score (nSPS) is 10.2. The van der Waals surface area contributed by atoms with E-state index >= 15 is 0 Å². The lowest BCUT2D eigenvalue weighted by atomic mass is 10.2. The highest BCUT2D eigenvalue weighted by molar-refractivity contribution is 6.32. The summed E-state index contributed by atoms with van der Waals surface area (Å²) in [5, 5.41) is 0.137. The summed E-state index contributed by atoms with van der Waals surface area (Å²) in [6, 6.07) is 3.23. The number of hydrogen-bond donors (Lipinski definition) is 0. The van der Waals surface area contributed by atoms with E-state index in [1.807, 2.05) is 0 Å². The first kappa shape index (κ1) is 16.4. The quantitative estimate of drug-likeness (QED) is 0.562. The van der Waals surface area contributed by atoms with E-state index in [9.17, 15) is 9.59 Å². The van der Waals surface area contributed by atoms with E-state index in [1.165, 1.54) is 18.2 Å². The Hall–Kier alpha value is -1.66. The highest BCUT2D eigenvalue weighted by Crippen LogP contribution is 2.14. The molecule has 0 aromatic carbocycles. The van der Waals surface area contributed by atoms with Crippen LogP contribution in [-0.2, 0) is 14.3 Å². The number of amides is 1. The van der Waals surface area contributed by atoms with Crippen LogP contribution < -0.4 is 0 Å². The number of halogens is 1. The number of methoxy groups -OCH3 is 2. The van der Waals surface area contributed by atoms with Crippen molar-refractivity contribution in [3.8, 4) is 0 Å². The van der Waals surface area contributed by atoms with E-state index in [2.05, 4.69) is 9.72 Å². The Bertz CT molecular complexity index is 467. The fraction of sp³-hybridized carbons (Fsp3) is 0.462. The first-order valence-electron chi connectivity index (χ1n) is 6.05. The van der Waals surface area contributed by atoms with E-state index in [0.29, 0.717) is 18.7 Å². The Balaban J connectivity index is 2.78. The van der Waals surface area contributed by atoms with Gasteiger partial charge in [-0.1, -0.05) is 11.6 Å². The molecular weight excluding hydrogens is 284 g/mol. The van der Waals surface area contributed by atoms with Gasteiger partial charge < -0.3 is 14.4 Å². The predicted octanol–water partition coefficient (Wildman–Crippen LogP) is 1.39. The number of rotatable bonds is 7. The molecule has 1 aromatic rings. The van der Waals surface area contributed by atoms with Crippen LogP contribution in [0.2, 0.25) is 5.15 Å². The number of pyridine rings is 1. The summed E-state index contributed by atoms with van der Waals surface area (Å²) < 4.78 is 9.53. The third-order valence-corrected chi connectivity index (χ3v) is 2.96. The molecule has 20 heavy (non-hydrogen) atoms. The van der Waals surface area contributed by atoms with Crippen LogP contribution in [0, 0.1) is 0 Å². The van der Waals surface area contributed by atoms with Gasteiger partial charge in [0.05, 0.1) is 25.7 Å². The molecule has 0 radical (unpaired) electrons. The highest BCUT2D eigenvalue weighted by Gasteiger charge is 2.19. The molecule has 0 N–H and O–H groups in total. The van der Waals surface area contributed by atoms with Gasteiger partial charge in [-0.2, -0.15) is 0 Å². The molecule has 0 unspecified atom stereocenters. The average Bonchev–Trinajstić information content (AvgIpc) is 2.47. The second-order valence-corrected chi connectivity index (χ2v) is 4.31. The van der Waals surface area contributed by atoms with Crippen LogP contribution in [0.25, 0.3) is 0 Å². The maximum absolute atomic E-state index is 12.4. The van der Waals surface area contributed by atoms with Crippen molar-refractivity contribution >= 4 is 23.5 Å². The molecule has 0 fully saturated rings. The van der Waals surface area contributed by atoms with Crippen LogP contribution in [0.1, 0.15) is 16.8 Å². The predicted molar refractivity (Wildman–Crippen MR) is 73.7 cm³/mol. The first-order chi connectivity index (χ1) is 9.60. The third-order valence-electron chi connectivity index (χ3n) is 2.66. The Morgan fingerprint density at radius 1 is 1.35 bits per heavy atom. The number of aromatic nitrogens is 1. The van der Waals surface area contributed by atoms with Crippen LogP contribution >= 0.6 is 11.6 Å². The van der Waals surface area contributed by atoms with Gasteiger partial charge in [0.25, 0.3) is 5.91 Å². The van der Waals surface area contributed by atoms with Gasteiger partial charge in [-0.3, -0.25) is 9.59 Å². The van der Waals surface area contributed by atoms with Crippen molar-refractivity contribution in [2.75, 3.05) is 33.9 Å². The molecule has 0 aliphatic heterocycles. The Kier molecular flexibility index (Phi) is 6.97. The van der Waals surface area contributed by atoms with Gasteiger partial charge in [-0.05, 0) is 12.1 Å². The molecule has 1 heterocycles. The molecule has 0 saturated carbocycles.